The highest BCUT2D eigenvalue weighted by Gasteiger charge is 2.35. The monoisotopic (exact) mass is 391 g/mol. The minimum Gasteiger partial charge on any atom is -0.349 e. The second-order valence-electron chi connectivity index (χ2n) is 7.21. The van der Waals surface area contributed by atoms with Crippen molar-refractivity contribution in [2.24, 2.45) is 5.92 Å². The van der Waals surface area contributed by atoms with E-state index in [0.717, 1.165) is 16.8 Å². The quantitative estimate of drug-likeness (QED) is 0.742. The third-order valence-corrected chi connectivity index (χ3v) is 5.13. The molecule has 2 N–H and O–H groups in total. The fourth-order valence-corrected chi connectivity index (χ4v) is 3.31. The summed E-state index contributed by atoms with van der Waals surface area (Å²) >= 11 is 0. The zero-order valence-corrected chi connectivity index (χ0v) is 16.7. The highest BCUT2D eigenvalue weighted by molar-refractivity contribution is 6.07. The fraction of sp³-hybridized carbons (Fsp3) is 0.261. The van der Waals surface area contributed by atoms with E-state index in [1.807, 2.05) is 32.0 Å². The maximum atomic E-state index is 12.8. The van der Waals surface area contributed by atoms with Crippen molar-refractivity contribution in [3.8, 4) is 0 Å². The second kappa shape index (κ2) is 8.73. The third-order valence-electron chi connectivity index (χ3n) is 5.13. The molecule has 6 heteroatoms. The molecule has 0 aromatic heterocycles. The molecule has 2 aromatic rings. The summed E-state index contributed by atoms with van der Waals surface area (Å²) in [7, 11) is 0. The molecule has 29 heavy (non-hydrogen) atoms. The van der Waals surface area contributed by atoms with Crippen LogP contribution in [0.15, 0.2) is 55.1 Å². The highest BCUT2D eigenvalue weighted by Crippen LogP contribution is 2.28. The van der Waals surface area contributed by atoms with Crippen LogP contribution in [0.2, 0.25) is 0 Å². The van der Waals surface area contributed by atoms with Crippen LogP contribution in [-0.4, -0.2) is 30.8 Å². The molecular formula is C23H25N3O3. The molecule has 0 unspecified atom stereocenters. The molecule has 2 aromatic carbocycles. The summed E-state index contributed by atoms with van der Waals surface area (Å²) in [6.45, 7) is 8.25. The minimum absolute atomic E-state index is 0.0783. The van der Waals surface area contributed by atoms with Gasteiger partial charge in [0, 0.05) is 25.2 Å². The fourth-order valence-electron chi connectivity index (χ4n) is 3.31. The number of hydrogen-bond acceptors (Lipinski definition) is 3. The molecule has 0 radical (unpaired) electrons. The van der Waals surface area contributed by atoms with Crippen LogP contribution in [-0.2, 0) is 9.59 Å². The Bertz CT molecular complexity index is 968. The average molecular weight is 391 g/mol. The Morgan fingerprint density at radius 2 is 1.93 bits per heavy atom. The molecule has 1 fully saturated rings. The van der Waals surface area contributed by atoms with E-state index in [4.69, 9.17) is 0 Å². The zero-order chi connectivity index (χ0) is 21.0. The van der Waals surface area contributed by atoms with Gasteiger partial charge >= 0.3 is 0 Å². The van der Waals surface area contributed by atoms with E-state index in [2.05, 4.69) is 17.2 Å². The van der Waals surface area contributed by atoms with Crippen molar-refractivity contribution in [1.29, 1.82) is 0 Å². The molecule has 1 aliphatic heterocycles. The van der Waals surface area contributed by atoms with Gasteiger partial charge in [-0.2, -0.15) is 0 Å². The molecule has 0 aliphatic carbocycles. The number of nitrogens with zero attached hydrogens (tertiary/aromatic N) is 1. The SMILES string of the molecule is C=CCNC(=O)c1ccccc1NC(=O)[C@H]1CC(=O)N(c2ccc(C)c(C)c2)C1. The van der Waals surface area contributed by atoms with Gasteiger partial charge < -0.3 is 15.5 Å². The van der Waals surface area contributed by atoms with Gasteiger partial charge in [0.15, 0.2) is 0 Å². The Morgan fingerprint density at radius 1 is 1.17 bits per heavy atom. The van der Waals surface area contributed by atoms with Crippen LogP contribution in [0.4, 0.5) is 11.4 Å². The Balaban J connectivity index is 1.72. The molecule has 1 saturated heterocycles. The summed E-state index contributed by atoms with van der Waals surface area (Å²) < 4.78 is 0. The van der Waals surface area contributed by atoms with Gasteiger partial charge in [0.1, 0.15) is 0 Å². The predicted octanol–water partition coefficient (Wildman–Crippen LogP) is 3.21. The van der Waals surface area contributed by atoms with Gasteiger partial charge in [0.2, 0.25) is 11.8 Å². The van der Waals surface area contributed by atoms with E-state index in [1.165, 1.54) is 0 Å². The van der Waals surface area contributed by atoms with E-state index in [9.17, 15) is 14.4 Å². The lowest BCUT2D eigenvalue weighted by atomic mass is 10.1. The van der Waals surface area contributed by atoms with Crippen molar-refractivity contribution in [3.05, 3.63) is 71.8 Å². The van der Waals surface area contributed by atoms with Crippen molar-refractivity contribution in [2.75, 3.05) is 23.3 Å². The standard InChI is InChI=1S/C23H25N3O3/c1-4-11-24-23(29)19-7-5-6-8-20(19)25-22(28)17-13-21(27)26(14-17)18-10-9-15(2)16(3)12-18/h4-10,12,17H,1,11,13-14H2,2-3H3,(H,24,29)(H,25,28)/t17-/m0/s1. The van der Waals surface area contributed by atoms with Gasteiger partial charge in [0.05, 0.1) is 17.2 Å². The second-order valence-corrected chi connectivity index (χ2v) is 7.21. The summed E-state index contributed by atoms with van der Waals surface area (Å²) in [5.41, 5.74) is 3.86. The number of hydrogen-bond donors (Lipinski definition) is 2. The predicted molar refractivity (Wildman–Crippen MR) is 114 cm³/mol. The normalized spacial score (nSPS) is 15.9. The van der Waals surface area contributed by atoms with Gasteiger partial charge in [-0.1, -0.05) is 24.3 Å². The Morgan fingerprint density at radius 3 is 2.66 bits per heavy atom. The Kier molecular flexibility index (Phi) is 6.12. The maximum Gasteiger partial charge on any atom is 0.253 e. The van der Waals surface area contributed by atoms with Gasteiger partial charge in [0.25, 0.3) is 5.91 Å². The smallest absolute Gasteiger partial charge is 0.253 e. The lowest BCUT2D eigenvalue weighted by Gasteiger charge is -2.18. The number of carbonyl (C=O) groups is 3. The topological polar surface area (TPSA) is 78.5 Å². The minimum atomic E-state index is -0.478. The van der Waals surface area contributed by atoms with Crippen LogP contribution in [0.3, 0.4) is 0 Å². The molecule has 1 heterocycles. The van der Waals surface area contributed by atoms with Crippen LogP contribution < -0.4 is 15.5 Å². The van der Waals surface area contributed by atoms with E-state index in [0.29, 0.717) is 24.3 Å². The van der Waals surface area contributed by atoms with Crippen LogP contribution in [0.1, 0.15) is 27.9 Å². The Hall–Kier alpha value is -3.41. The van der Waals surface area contributed by atoms with Crippen LogP contribution in [0.5, 0.6) is 0 Å². The summed E-state index contributed by atoms with van der Waals surface area (Å²) in [5.74, 6) is -1.12. The number of amides is 3. The van der Waals surface area contributed by atoms with Crippen molar-refractivity contribution in [1.82, 2.24) is 5.32 Å². The van der Waals surface area contributed by atoms with E-state index in [1.54, 1.807) is 35.2 Å². The lowest BCUT2D eigenvalue weighted by Crippen LogP contribution is -2.29. The maximum absolute atomic E-state index is 12.8. The summed E-state index contributed by atoms with van der Waals surface area (Å²) in [4.78, 5) is 39.3. The molecule has 1 aliphatic rings. The third kappa shape index (κ3) is 4.54. The molecule has 1 atom stereocenters. The first-order chi connectivity index (χ1) is 13.9. The largest absolute Gasteiger partial charge is 0.349 e. The lowest BCUT2D eigenvalue weighted by molar-refractivity contribution is -0.122. The van der Waals surface area contributed by atoms with Crippen LogP contribution in [0, 0.1) is 19.8 Å². The van der Waals surface area contributed by atoms with Gasteiger partial charge in [-0.05, 0) is 49.2 Å². The van der Waals surface area contributed by atoms with Crippen LogP contribution >= 0.6 is 0 Å². The molecule has 0 spiro atoms. The summed E-state index contributed by atoms with van der Waals surface area (Å²) in [5, 5.41) is 5.52. The first kappa shape index (κ1) is 20.3. The van der Waals surface area contributed by atoms with Gasteiger partial charge in [-0.15, -0.1) is 6.58 Å². The number of carbonyl (C=O) groups excluding carboxylic acids is 3. The van der Waals surface area contributed by atoms with E-state index in [-0.39, 0.29) is 24.1 Å². The number of benzene rings is 2. The summed E-state index contributed by atoms with van der Waals surface area (Å²) in [6.07, 6.45) is 1.73. The van der Waals surface area contributed by atoms with Crippen molar-refractivity contribution >= 4 is 29.1 Å². The van der Waals surface area contributed by atoms with E-state index < -0.39 is 5.92 Å². The van der Waals surface area contributed by atoms with Gasteiger partial charge in [-0.25, -0.2) is 0 Å². The average Bonchev–Trinajstić information content (AvgIpc) is 3.10. The molecular weight excluding hydrogens is 366 g/mol. The molecule has 3 rings (SSSR count). The van der Waals surface area contributed by atoms with Crippen LogP contribution in [0.25, 0.3) is 0 Å². The number of nitrogens with one attached hydrogen (secondary N) is 2. The van der Waals surface area contributed by atoms with Gasteiger partial charge in [-0.3, -0.25) is 14.4 Å². The molecule has 0 saturated carbocycles. The number of para-hydroxylation sites is 1. The van der Waals surface area contributed by atoms with Crippen molar-refractivity contribution in [3.63, 3.8) is 0 Å². The highest BCUT2D eigenvalue weighted by atomic mass is 16.2. The number of aryl methyl sites for hydroxylation is 2. The van der Waals surface area contributed by atoms with Crippen molar-refractivity contribution in [2.45, 2.75) is 20.3 Å². The van der Waals surface area contributed by atoms with Crippen molar-refractivity contribution < 1.29 is 14.4 Å². The zero-order valence-electron chi connectivity index (χ0n) is 16.7. The molecule has 6 nitrogen and oxygen atoms in total. The Labute approximate surface area is 170 Å². The first-order valence-electron chi connectivity index (χ1n) is 9.57. The molecule has 150 valence electrons. The number of anilines is 2. The number of rotatable bonds is 6. The first-order valence-corrected chi connectivity index (χ1v) is 9.57. The van der Waals surface area contributed by atoms with E-state index >= 15 is 0 Å². The summed E-state index contributed by atoms with van der Waals surface area (Å²) in [6, 6.07) is 12.7. The molecule has 3 amide bonds. The molecule has 0 bridgehead atoms.